The molecule has 3 heterocycles. The highest BCUT2D eigenvalue weighted by atomic mass is 19.1. The maximum atomic E-state index is 13.6. The molecule has 32 heavy (non-hydrogen) atoms. The number of aromatic nitrogens is 2. The number of carbonyl (C=O) groups excluding carboxylic acids is 1. The van der Waals surface area contributed by atoms with Crippen molar-refractivity contribution in [1.29, 1.82) is 0 Å². The van der Waals surface area contributed by atoms with Crippen LogP contribution in [-0.4, -0.2) is 65.4 Å². The van der Waals surface area contributed by atoms with Crippen molar-refractivity contribution in [2.45, 2.75) is 51.6 Å². The average Bonchev–Trinajstić information content (AvgIpc) is 3.28. The Balaban J connectivity index is 1.63. The summed E-state index contributed by atoms with van der Waals surface area (Å²) < 4.78 is 13.5. The third-order valence-electron chi connectivity index (χ3n) is 6.82. The van der Waals surface area contributed by atoms with Gasteiger partial charge in [-0.15, -0.1) is 0 Å². The summed E-state index contributed by atoms with van der Waals surface area (Å²) in [5, 5.41) is 0. The van der Waals surface area contributed by atoms with Crippen LogP contribution in [0.15, 0.2) is 30.5 Å². The van der Waals surface area contributed by atoms with E-state index in [1.54, 1.807) is 12.1 Å². The zero-order valence-electron chi connectivity index (χ0n) is 19.6. The van der Waals surface area contributed by atoms with Gasteiger partial charge in [0.1, 0.15) is 5.82 Å². The van der Waals surface area contributed by atoms with Gasteiger partial charge in [-0.25, -0.2) is 14.4 Å². The Morgan fingerprint density at radius 1 is 1.09 bits per heavy atom. The molecule has 0 N–H and O–H groups in total. The third kappa shape index (κ3) is 4.63. The van der Waals surface area contributed by atoms with Gasteiger partial charge in [-0.1, -0.05) is 12.1 Å². The molecule has 0 spiro atoms. The summed E-state index contributed by atoms with van der Waals surface area (Å²) in [5.74, 6) is 0.683. The molecule has 4 rings (SSSR count). The van der Waals surface area contributed by atoms with Crippen molar-refractivity contribution in [3.8, 4) is 11.1 Å². The Kier molecular flexibility index (Phi) is 6.74. The number of rotatable bonds is 5. The van der Waals surface area contributed by atoms with E-state index in [-0.39, 0.29) is 23.7 Å². The number of carbonyl (C=O) groups is 1. The number of nitrogens with zero attached hydrogens (tertiary/aromatic N) is 5. The number of anilines is 1. The second kappa shape index (κ2) is 9.53. The Morgan fingerprint density at radius 2 is 1.78 bits per heavy atom. The zero-order chi connectivity index (χ0) is 22.8. The first-order chi connectivity index (χ1) is 15.3. The fourth-order valence-electron chi connectivity index (χ4n) is 4.92. The van der Waals surface area contributed by atoms with E-state index in [2.05, 4.69) is 23.7 Å². The van der Waals surface area contributed by atoms with E-state index in [0.717, 1.165) is 62.1 Å². The van der Waals surface area contributed by atoms with E-state index < -0.39 is 0 Å². The van der Waals surface area contributed by atoms with Gasteiger partial charge < -0.3 is 14.7 Å². The van der Waals surface area contributed by atoms with Gasteiger partial charge in [0.2, 0.25) is 11.9 Å². The molecule has 1 amide bonds. The fraction of sp³-hybridized carbons (Fsp3) is 0.560. The van der Waals surface area contributed by atoms with Crippen molar-refractivity contribution < 1.29 is 9.18 Å². The Labute approximate surface area is 190 Å². The standard InChI is InChI=1S/C25H34FN5O/c1-17(2)30-14-11-19(12-15-30)24(32)31-13-5-6-22(31)23-21(16-27-25(28-23)29(3)4)18-7-9-20(26)10-8-18/h7-10,16-17,19,22H,5-6,11-15H2,1-4H3/t22-/m0/s1. The van der Waals surface area contributed by atoms with Crippen molar-refractivity contribution in [3.63, 3.8) is 0 Å². The van der Waals surface area contributed by atoms with Crippen LogP contribution < -0.4 is 4.90 Å². The average molecular weight is 440 g/mol. The molecular formula is C25H34FN5O. The van der Waals surface area contributed by atoms with Gasteiger partial charge in [-0.2, -0.15) is 0 Å². The maximum Gasteiger partial charge on any atom is 0.226 e. The topological polar surface area (TPSA) is 52.6 Å². The van der Waals surface area contributed by atoms with Gasteiger partial charge in [0.05, 0.1) is 11.7 Å². The number of piperidine rings is 1. The highest BCUT2D eigenvalue weighted by Gasteiger charge is 2.37. The Bertz CT molecular complexity index is 938. The summed E-state index contributed by atoms with van der Waals surface area (Å²) in [6.45, 7) is 7.15. The molecule has 172 valence electrons. The number of amides is 1. The summed E-state index contributed by atoms with van der Waals surface area (Å²) >= 11 is 0. The van der Waals surface area contributed by atoms with Gasteiger partial charge in [-0.3, -0.25) is 4.79 Å². The lowest BCUT2D eigenvalue weighted by molar-refractivity contribution is -0.138. The summed E-state index contributed by atoms with van der Waals surface area (Å²) in [5.41, 5.74) is 2.60. The molecule has 6 nitrogen and oxygen atoms in total. The fourth-order valence-corrected chi connectivity index (χ4v) is 4.92. The molecule has 0 unspecified atom stereocenters. The monoisotopic (exact) mass is 439 g/mol. The summed E-state index contributed by atoms with van der Waals surface area (Å²) in [6, 6.07) is 6.88. The minimum atomic E-state index is -0.272. The minimum absolute atomic E-state index is 0.0765. The van der Waals surface area contributed by atoms with Gasteiger partial charge in [-0.05, 0) is 70.3 Å². The molecule has 0 aliphatic carbocycles. The molecule has 2 aromatic rings. The van der Waals surface area contributed by atoms with Crippen LogP contribution >= 0.6 is 0 Å². The molecular weight excluding hydrogens is 405 g/mol. The first-order valence-electron chi connectivity index (χ1n) is 11.7. The van der Waals surface area contributed by atoms with E-state index in [1.165, 1.54) is 12.1 Å². The van der Waals surface area contributed by atoms with E-state index in [9.17, 15) is 9.18 Å². The van der Waals surface area contributed by atoms with Crippen LogP contribution in [0, 0.1) is 11.7 Å². The molecule has 0 saturated carbocycles. The van der Waals surface area contributed by atoms with Gasteiger partial charge in [0.15, 0.2) is 0 Å². The highest BCUT2D eigenvalue weighted by Crippen LogP contribution is 2.38. The smallest absolute Gasteiger partial charge is 0.226 e. The Morgan fingerprint density at radius 3 is 2.41 bits per heavy atom. The zero-order valence-corrected chi connectivity index (χ0v) is 19.6. The quantitative estimate of drug-likeness (QED) is 0.701. The third-order valence-corrected chi connectivity index (χ3v) is 6.82. The summed E-state index contributed by atoms with van der Waals surface area (Å²) in [7, 11) is 3.83. The van der Waals surface area contributed by atoms with Crippen molar-refractivity contribution in [2.24, 2.45) is 5.92 Å². The van der Waals surface area contributed by atoms with Gasteiger partial charge >= 0.3 is 0 Å². The van der Waals surface area contributed by atoms with Crippen molar-refractivity contribution in [3.05, 3.63) is 42.0 Å². The molecule has 7 heteroatoms. The molecule has 0 bridgehead atoms. The van der Waals surface area contributed by atoms with E-state index in [1.807, 2.05) is 30.1 Å². The van der Waals surface area contributed by atoms with Gasteiger partial charge in [0.25, 0.3) is 0 Å². The van der Waals surface area contributed by atoms with E-state index >= 15 is 0 Å². The predicted octanol–water partition coefficient (Wildman–Crippen LogP) is 4.13. The predicted molar refractivity (Wildman–Crippen MR) is 125 cm³/mol. The first kappa shape index (κ1) is 22.6. The summed E-state index contributed by atoms with van der Waals surface area (Å²) in [6.07, 6.45) is 5.49. The van der Waals surface area contributed by atoms with Crippen molar-refractivity contribution in [1.82, 2.24) is 19.8 Å². The number of halogens is 1. The van der Waals surface area contributed by atoms with Crippen LogP contribution in [0.2, 0.25) is 0 Å². The summed E-state index contributed by atoms with van der Waals surface area (Å²) in [4.78, 5) is 29.3. The van der Waals surface area contributed by atoms with Crippen LogP contribution in [-0.2, 0) is 4.79 Å². The first-order valence-corrected chi connectivity index (χ1v) is 11.7. The molecule has 1 aromatic heterocycles. The second-order valence-corrected chi connectivity index (χ2v) is 9.46. The van der Waals surface area contributed by atoms with Crippen LogP contribution in [0.5, 0.6) is 0 Å². The van der Waals surface area contributed by atoms with Crippen molar-refractivity contribution >= 4 is 11.9 Å². The molecule has 0 radical (unpaired) electrons. The number of likely N-dealkylation sites (tertiary alicyclic amines) is 2. The van der Waals surface area contributed by atoms with E-state index in [0.29, 0.717) is 12.0 Å². The largest absolute Gasteiger partial charge is 0.347 e. The lowest BCUT2D eigenvalue weighted by atomic mass is 9.93. The minimum Gasteiger partial charge on any atom is -0.347 e. The molecule has 2 aliphatic heterocycles. The van der Waals surface area contributed by atoms with Crippen LogP contribution in [0.1, 0.15) is 51.3 Å². The lowest BCUT2D eigenvalue weighted by Crippen LogP contribution is -2.44. The number of hydrogen-bond donors (Lipinski definition) is 0. The lowest BCUT2D eigenvalue weighted by Gasteiger charge is -2.36. The van der Waals surface area contributed by atoms with Crippen molar-refractivity contribution in [2.75, 3.05) is 38.6 Å². The van der Waals surface area contributed by atoms with Crippen LogP contribution in [0.4, 0.5) is 10.3 Å². The molecule has 2 saturated heterocycles. The second-order valence-electron chi connectivity index (χ2n) is 9.46. The molecule has 2 aliphatic rings. The molecule has 1 atom stereocenters. The molecule has 1 aromatic carbocycles. The number of benzene rings is 1. The van der Waals surface area contributed by atoms with Crippen LogP contribution in [0.25, 0.3) is 11.1 Å². The van der Waals surface area contributed by atoms with Gasteiger partial charge in [0, 0.05) is 44.4 Å². The SMILES string of the molecule is CC(C)N1CCC(C(=O)N2CCC[C@H]2c2nc(N(C)C)ncc2-c2ccc(F)cc2)CC1. The molecule has 2 fully saturated rings. The highest BCUT2D eigenvalue weighted by molar-refractivity contribution is 5.80. The normalized spacial score (nSPS) is 20.2. The van der Waals surface area contributed by atoms with E-state index in [4.69, 9.17) is 4.98 Å². The Hall–Kier alpha value is -2.54. The van der Waals surface area contributed by atoms with Crippen LogP contribution in [0.3, 0.4) is 0 Å². The number of hydrogen-bond acceptors (Lipinski definition) is 5. The maximum absolute atomic E-state index is 13.6.